The molecule has 1 fully saturated rings. The topological polar surface area (TPSA) is 85.7 Å². The van der Waals surface area contributed by atoms with Gasteiger partial charge in [0.05, 0.1) is 40.6 Å². The zero-order valence-corrected chi connectivity index (χ0v) is 21.5. The highest BCUT2D eigenvalue weighted by molar-refractivity contribution is 6.39. The molecule has 0 unspecified atom stereocenters. The molecule has 1 aromatic heterocycles. The molecule has 0 aliphatic carbocycles. The second-order valence-electron chi connectivity index (χ2n) is 8.41. The average molecular weight is 531 g/mol. The molecule has 36 heavy (non-hydrogen) atoms. The first-order valence-corrected chi connectivity index (χ1v) is 12.5. The number of halogens is 2. The SMILES string of the molecule is Cn1ncc(OCCN2CCOCC2)c(-c2ccc(CCNC(=O)c3c(Cl)cccc3Cl)cc2)c1=O. The van der Waals surface area contributed by atoms with E-state index in [0.717, 1.165) is 44.0 Å². The van der Waals surface area contributed by atoms with Crippen LogP contribution in [-0.2, 0) is 18.2 Å². The largest absolute Gasteiger partial charge is 0.490 e. The Labute approximate surface area is 219 Å². The Kier molecular flexibility index (Phi) is 8.98. The summed E-state index contributed by atoms with van der Waals surface area (Å²) < 4.78 is 12.7. The minimum Gasteiger partial charge on any atom is -0.490 e. The zero-order valence-electron chi connectivity index (χ0n) is 20.0. The third-order valence-corrected chi connectivity index (χ3v) is 6.63. The van der Waals surface area contributed by atoms with Crippen molar-refractivity contribution in [2.45, 2.75) is 6.42 Å². The van der Waals surface area contributed by atoms with E-state index in [0.29, 0.717) is 40.9 Å². The van der Waals surface area contributed by atoms with Gasteiger partial charge in [-0.2, -0.15) is 5.10 Å². The molecule has 4 rings (SSSR count). The molecule has 1 N–H and O–H groups in total. The number of nitrogens with one attached hydrogen (secondary N) is 1. The molecule has 10 heteroatoms. The number of hydrogen-bond acceptors (Lipinski definition) is 6. The van der Waals surface area contributed by atoms with Crippen molar-refractivity contribution in [3.8, 4) is 16.9 Å². The van der Waals surface area contributed by atoms with Gasteiger partial charge in [0.25, 0.3) is 11.5 Å². The minimum atomic E-state index is -0.318. The Morgan fingerprint density at radius 2 is 1.81 bits per heavy atom. The van der Waals surface area contributed by atoms with E-state index in [4.69, 9.17) is 32.7 Å². The van der Waals surface area contributed by atoms with Gasteiger partial charge in [-0.25, -0.2) is 4.68 Å². The summed E-state index contributed by atoms with van der Waals surface area (Å²) in [5.41, 5.74) is 2.27. The van der Waals surface area contributed by atoms with E-state index in [-0.39, 0.29) is 17.0 Å². The maximum atomic E-state index is 12.9. The molecule has 0 saturated carbocycles. The van der Waals surface area contributed by atoms with Crippen LogP contribution in [0.5, 0.6) is 5.75 Å². The normalized spacial score (nSPS) is 14.0. The lowest BCUT2D eigenvalue weighted by molar-refractivity contribution is 0.0322. The summed E-state index contributed by atoms with van der Waals surface area (Å²) in [6.45, 7) is 4.81. The Morgan fingerprint density at radius 3 is 2.50 bits per heavy atom. The predicted molar refractivity (Wildman–Crippen MR) is 140 cm³/mol. The Balaban J connectivity index is 1.39. The predicted octanol–water partition coefficient (Wildman–Crippen LogP) is 3.44. The van der Waals surface area contributed by atoms with Crippen LogP contribution < -0.4 is 15.6 Å². The van der Waals surface area contributed by atoms with Crippen LogP contribution in [-0.4, -0.2) is 66.6 Å². The Bertz CT molecular complexity index is 1240. The molecular weight excluding hydrogens is 503 g/mol. The number of nitrogens with zero attached hydrogens (tertiary/aromatic N) is 3. The van der Waals surface area contributed by atoms with E-state index in [9.17, 15) is 9.59 Å². The van der Waals surface area contributed by atoms with Crippen molar-refractivity contribution in [1.29, 1.82) is 0 Å². The molecular formula is C26H28Cl2N4O4. The number of amides is 1. The Hall–Kier alpha value is -2.91. The molecule has 1 amide bonds. The molecule has 1 aliphatic rings. The van der Waals surface area contributed by atoms with Crippen molar-refractivity contribution < 1.29 is 14.3 Å². The highest BCUT2D eigenvalue weighted by Gasteiger charge is 2.16. The summed E-state index contributed by atoms with van der Waals surface area (Å²) in [7, 11) is 1.62. The first-order chi connectivity index (χ1) is 17.4. The molecule has 2 heterocycles. The molecule has 190 valence electrons. The molecule has 3 aromatic rings. The number of morpholine rings is 1. The maximum absolute atomic E-state index is 12.9. The standard InChI is InChI=1S/C26H28Cl2N4O4/c1-31-26(34)23(22(17-30-31)36-16-13-32-11-14-35-15-12-32)19-7-5-18(6-8-19)9-10-29-25(33)24-20(27)3-2-4-21(24)28/h2-8,17H,9-16H2,1H3,(H,29,33). The molecule has 1 aliphatic heterocycles. The third-order valence-electron chi connectivity index (χ3n) is 6.00. The van der Waals surface area contributed by atoms with Crippen LogP contribution in [0, 0.1) is 0 Å². The van der Waals surface area contributed by atoms with Crippen molar-refractivity contribution in [2.75, 3.05) is 46.0 Å². The van der Waals surface area contributed by atoms with Gasteiger partial charge in [-0.1, -0.05) is 53.5 Å². The smallest absolute Gasteiger partial charge is 0.278 e. The molecule has 1 saturated heterocycles. The number of hydrogen-bond donors (Lipinski definition) is 1. The number of aromatic nitrogens is 2. The molecule has 0 atom stereocenters. The summed E-state index contributed by atoms with van der Waals surface area (Å²) in [5.74, 6) is 0.143. The number of rotatable bonds is 9. The summed E-state index contributed by atoms with van der Waals surface area (Å²) in [6.07, 6.45) is 2.19. The van der Waals surface area contributed by atoms with E-state index >= 15 is 0 Å². The lowest BCUT2D eigenvalue weighted by atomic mass is 10.0. The van der Waals surface area contributed by atoms with E-state index in [1.165, 1.54) is 4.68 Å². The van der Waals surface area contributed by atoms with Gasteiger partial charge in [-0.3, -0.25) is 14.5 Å². The quantitative estimate of drug-likeness (QED) is 0.456. The van der Waals surface area contributed by atoms with Crippen LogP contribution in [0.25, 0.3) is 11.1 Å². The fraction of sp³-hybridized carbons (Fsp3) is 0.346. The van der Waals surface area contributed by atoms with Crippen molar-refractivity contribution in [3.05, 3.63) is 80.2 Å². The van der Waals surface area contributed by atoms with Crippen LogP contribution in [0.3, 0.4) is 0 Å². The number of carbonyl (C=O) groups excluding carboxylic acids is 1. The van der Waals surface area contributed by atoms with E-state index in [1.807, 2.05) is 24.3 Å². The monoisotopic (exact) mass is 530 g/mol. The van der Waals surface area contributed by atoms with Crippen LogP contribution in [0.15, 0.2) is 53.5 Å². The number of benzene rings is 2. The van der Waals surface area contributed by atoms with Gasteiger partial charge < -0.3 is 14.8 Å². The number of ether oxygens (including phenoxy) is 2. The van der Waals surface area contributed by atoms with E-state index in [1.54, 1.807) is 31.4 Å². The van der Waals surface area contributed by atoms with Gasteiger partial charge >= 0.3 is 0 Å². The van der Waals surface area contributed by atoms with Crippen LogP contribution in [0.2, 0.25) is 10.0 Å². The van der Waals surface area contributed by atoms with Gasteiger partial charge in [0, 0.05) is 33.2 Å². The fourth-order valence-corrected chi connectivity index (χ4v) is 4.54. The highest BCUT2D eigenvalue weighted by Crippen LogP contribution is 2.26. The van der Waals surface area contributed by atoms with Crippen molar-refractivity contribution in [1.82, 2.24) is 20.0 Å². The summed E-state index contributed by atoms with van der Waals surface area (Å²) in [6, 6.07) is 12.6. The van der Waals surface area contributed by atoms with Crippen LogP contribution in [0.4, 0.5) is 0 Å². The van der Waals surface area contributed by atoms with E-state index in [2.05, 4.69) is 15.3 Å². The van der Waals surface area contributed by atoms with Gasteiger partial charge in [-0.05, 0) is 29.7 Å². The summed E-state index contributed by atoms with van der Waals surface area (Å²) >= 11 is 12.2. The third kappa shape index (κ3) is 6.44. The zero-order chi connectivity index (χ0) is 25.5. The van der Waals surface area contributed by atoms with Crippen molar-refractivity contribution in [3.63, 3.8) is 0 Å². The van der Waals surface area contributed by atoms with Crippen LogP contribution >= 0.6 is 23.2 Å². The second kappa shape index (κ2) is 12.4. The summed E-state index contributed by atoms with van der Waals surface area (Å²) in [4.78, 5) is 27.6. The molecule has 2 aromatic carbocycles. The molecule has 0 bridgehead atoms. The minimum absolute atomic E-state index is 0.226. The first kappa shape index (κ1) is 26.2. The second-order valence-corrected chi connectivity index (χ2v) is 9.23. The van der Waals surface area contributed by atoms with Gasteiger partial charge in [-0.15, -0.1) is 0 Å². The van der Waals surface area contributed by atoms with Crippen LogP contribution in [0.1, 0.15) is 15.9 Å². The molecule has 0 radical (unpaired) electrons. The Morgan fingerprint density at radius 1 is 1.11 bits per heavy atom. The molecule has 0 spiro atoms. The number of carbonyl (C=O) groups is 1. The lowest BCUT2D eigenvalue weighted by Crippen LogP contribution is -2.38. The highest BCUT2D eigenvalue weighted by atomic mass is 35.5. The first-order valence-electron chi connectivity index (χ1n) is 11.7. The van der Waals surface area contributed by atoms with Crippen molar-refractivity contribution >= 4 is 29.1 Å². The number of aryl methyl sites for hydroxylation is 1. The van der Waals surface area contributed by atoms with Crippen molar-refractivity contribution in [2.24, 2.45) is 7.05 Å². The van der Waals surface area contributed by atoms with Gasteiger partial charge in [0.1, 0.15) is 6.61 Å². The molecule has 8 nitrogen and oxygen atoms in total. The van der Waals surface area contributed by atoms with Gasteiger partial charge in [0.2, 0.25) is 0 Å². The fourth-order valence-electron chi connectivity index (χ4n) is 3.97. The lowest BCUT2D eigenvalue weighted by Gasteiger charge is -2.26. The van der Waals surface area contributed by atoms with E-state index < -0.39 is 0 Å². The van der Waals surface area contributed by atoms with Gasteiger partial charge in [0.15, 0.2) is 5.75 Å². The average Bonchev–Trinajstić information content (AvgIpc) is 2.87. The maximum Gasteiger partial charge on any atom is 0.278 e. The summed E-state index contributed by atoms with van der Waals surface area (Å²) in [5, 5.41) is 7.60.